The van der Waals surface area contributed by atoms with Gasteiger partial charge in [-0.2, -0.15) is 0 Å². The van der Waals surface area contributed by atoms with Crippen LogP contribution < -0.4 is 5.19 Å². The van der Waals surface area contributed by atoms with Crippen molar-refractivity contribution in [2.75, 3.05) is 0 Å². The molecule has 0 fully saturated rings. The van der Waals surface area contributed by atoms with Gasteiger partial charge in [-0.1, -0.05) is 132 Å². The average Bonchev–Trinajstić information content (AvgIpc) is 3.83. The molecule has 0 bridgehead atoms. The second-order valence-corrected chi connectivity index (χ2v) is 23.3. The van der Waals surface area contributed by atoms with E-state index in [2.05, 4.69) is 169 Å². The van der Waals surface area contributed by atoms with Gasteiger partial charge in [0.05, 0.1) is 36.2 Å². The van der Waals surface area contributed by atoms with E-state index in [0.717, 1.165) is 67.7 Å². The van der Waals surface area contributed by atoms with Crippen LogP contribution in [-0.2, 0) is 26.5 Å². The third kappa shape index (κ3) is 8.90. The second kappa shape index (κ2) is 18.5. The van der Waals surface area contributed by atoms with Gasteiger partial charge in [0.15, 0.2) is 0 Å². The summed E-state index contributed by atoms with van der Waals surface area (Å²) in [4.78, 5) is 14.7. The molecular weight excluding hydrogens is 953 g/mol. The van der Waals surface area contributed by atoms with Crippen LogP contribution in [0.15, 0.2) is 132 Å². The van der Waals surface area contributed by atoms with Crippen molar-refractivity contribution in [3.05, 3.63) is 162 Å². The Labute approximate surface area is 382 Å². The minimum absolute atomic E-state index is 0. The smallest absolute Gasteiger partial charge is 0.120 e. The Morgan fingerprint density at radius 3 is 2.06 bits per heavy atom. The molecule has 7 heteroatoms. The monoisotopic (exact) mass is 1010 g/mol. The van der Waals surface area contributed by atoms with Crippen LogP contribution in [0.25, 0.3) is 72.4 Å². The molecule has 317 valence electrons. The number of aryl methyl sites for hydroxylation is 1. The predicted octanol–water partition coefficient (Wildman–Crippen LogP) is 14.3. The quantitative estimate of drug-likeness (QED) is 0.107. The van der Waals surface area contributed by atoms with Gasteiger partial charge in [-0.25, -0.2) is 0 Å². The zero-order chi connectivity index (χ0) is 43.0. The van der Waals surface area contributed by atoms with E-state index in [4.69, 9.17) is 14.4 Å². The fourth-order valence-electron chi connectivity index (χ4n) is 8.52. The van der Waals surface area contributed by atoms with Gasteiger partial charge in [0.25, 0.3) is 0 Å². The number of nitrogens with zero attached hydrogens (tertiary/aromatic N) is 4. The molecular formula is C55H56IrN4OSi-2. The number of rotatable bonds is 9. The van der Waals surface area contributed by atoms with Crippen molar-refractivity contribution < 1.29 is 24.5 Å². The Bertz CT molecular complexity index is 2950. The zero-order valence-electron chi connectivity index (χ0n) is 37.6. The molecule has 0 amide bonds. The Morgan fingerprint density at radius 1 is 0.710 bits per heavy atom. The van der Waals surface area contributed by atoms with Gasteiger partial charge in [-0.3, -0.25) is 9.97 Å². The van der Waals surface area contributed by atoms with E-state index in [1.54, 1.807) is 0 Å². The van der Waals surface area contributed by atoms with Crippen LogP contribution in [0, 0.1) is 25.0 Å². The molecule has 4 heterocycles. The van der Waals surface area contributed by atoms with Gasteiger partial charge in [0, 0.05) is 43.6 Å². The molecule has 9 rings (SSSR count). The van der Waals surface area contributed by atoms with Gasteiger partial charge in [0.1, 0.15) is 5.58 Å². The number of hydrogen-bond donors (Lipinski definition) is 0. The number of aromatic nitrogens is 4. The normalized spacial score (nSPS) is 11.8. The van der Waals surface area contributed by atoms with Gasteiger partial charge < -0.3 is 14.0 Å². The number of furan rings is 1. The largest absolute Gasteiger partial charge is 0.501 e. The van der Waals surface area contributed by atoms with Crippen molar-refractivity contribution in [3.8, 4) is 39.5 Å². The van der Waals surface area contributed by atoms with Gasteiger partial charge >= 0.3 is 0 Å². The first-order valence-corrected chi connectivity index (χ1v) is 25.2. The Hall–Kier alpha value is -5.46. The molecule has 0 N–H and O–H groups in total. The molecule has 5 nitrogen and oxygen atoms in total. The number of fused-ring (bicyclic) bond motifs is 4. The molecule has 0 atom stereocenters. The van der Waals surface area contributed by atoms with Crippen molar-refractivity contribution >= 4 is 46.2 Å². The summed E-state index contributed by atoms with van der Waals surface area (Å²) < 4.78 is 8.82. The van der Waals surface area contributed by atoms with Crippen LogP contribution in [0.1, 0.15) is 75.8 Å². The third-order valence-electron chi connectivity index (χ3n) is 11.5. The third-order valence-corrected chi connectivity index (χ3v) is 13.5. The van der Waals surface area contributed by atoms with Crippen LogP contribution in [0.2, 0.25) is 19.6 Å². The minimum Gasteiger partial charge on any atom is -0.501 e. The first-order valence-electron chi connectivity index (χ1n) is 21.7. The topological polar surface area (TPSA) is 56.7 Å². The van der Waals surface area contributed by atoms with E-state index in [1.807, 2.05) is 48.7 Å². The number of para-hydroxylation sites is 1. The maximum absolute atomic E-state index is 6.49. The SMILES string of the molecule is CC(C)Cc1cc(-c2[c-]cccc2)ncc1[Si](C)(C)C.Cc1nccc2nc(-c3[c-]ccc4c3oc3ccccc34)n(-c3c(C(C)C)cc(-c4ccccc4)cc3C(C)C)c12.[Ir]. The van der Waals surface area contributed by atoms with E-state index >= 15 is 0 Å². The van der Waals surface area contributed by atoms with Crippen molar-refractivity contribution in [3.63, 3.8) is 0 Å². The van der Waals surface area contributed by atoms with Gasteiger partial charge in [-0.05, 0) is 88.5 Å². The standard InChI is InChI=1S/C37H32N3O.C18H24NSi.Ir/c1-22(2)30-20-26(25-12-7-6-8-13-25)21-31(23(3)4)35(30)40-34-24(5)38-19-18-32(34)39-37(40)29-16-11-15-28-27-14-9-10-17-33(27)41-36(28)29;1-14(2)11-16-12-17(15-9-7-6-8-10-15)19-13-18(16)20(3,4)5;/h6-15,17-23H,1-5H3;6-9,12-14H,11H2,1-5H3;/q2*-1;. The fraction of sp³-hybridized carbons (Fsp3) is 0.255. The van der Waals surface area contributed by atoms with Gasteiger partial charge in [0.2, 0.25) is 0 Å². The summed E-state index contributed by atoms with van der Waals surface area (Å²) in [5, 5.41) is 3.65. The molecule has 0 saturated heterocycles. The van der Waals surface area contributed by atoms with Crippen LogP contribution in [0.3, 0.4) is 0 Å². The van der Waals surface area contributed by atoms with Crippen LogP contribution in [0.4, 0.5) is 0 Å². The first-order chi connectivity index (χ1) is 29.3. The molecule has 0 spiro atoms. The molecule has 4 aromatic heterocycles. The minimum atomic E-state index is -1.34. The predicted molar refractivity (Wildman–Crippen MR) is 259 cm³/mol. The van der Waals surface area contributed by atoms with E-state index in [9.17, 15) is 0 Å². The summed E-state index contributed by atoms with van der Waals surface area (Å²) >= 11 is 0. The Morgan fingerprint density at radius 2 is 1.40 bits per heavy atom. The zero-order valence-corrected chi connectivity index (χ0v) is 41.0. The molecule has 0 unspecified atom stereocenters. The molecule has 0 saturated carbocycles. The van der Waals surface area contributed by atoms with Crippen LogP contribution in [-0.4, -0.2) is 27.6 Å². The average molecular weight is 1010 g/mol. The van der Waals surface area contributed by atoms with Crippen LogP contribution >= 0.6 is 0 Å². The number of hydrogen-bond acceptors (Lipinski definition) is 4. The Balaban J connectivity index is 0.000000233. The summed E-state index contributed by atoms with van der Waals surface area (Å²) in [6.07, 6.45) is 5.08. The van der Waals surface area contributed by atoms with Crippen molar-refractivity contribution in [1.82, 2.24) is 19.5 Å². The summed E-state index contributed by atoms with van der Waals surface area (Å²) in [5.41, 5.74) is 15.1. The van der Waals surface area contributed by atoms with E-state index < -0.39 is 8.07 Å². The summed E-state index contributed by atoms with van der Waals surface area (Å²) in [6.45, 7) is 22.9. The molecule has 0 aliphatic rings. The molecule has 62 heavy (non-hydrogen) atoms. The maximum atomic E-state index is 6.49. The molecule has 5 aromatic carbocycles. The maximum Gasteiger partial charge on any atom is 0.120 e. The number of pyridine rings is 2. The number of imidazole rings is 1. The summed E-state index contributed by atoms with van der Waals surface area (Å²) in [5.74, 6) is 2.04. The summed E-state index contributed by atoms with van der Waals surface area (Å²) in [7, 11) is -1.34. The van der Waals surface area contributed by atoms with Gasteiger partial charge in [-0.15, -0.1) is 54.1 Å². The summed E-state index contributed by atoms with van der Waals surface area (Å²) in [6, 6.07) is 46.8. The van der Waals surface area contributed by atoms with E-state index in [0.29, 0.717) is 5.92 Å². The first kappa shape index (κ1) is 44.6. The molecule has 0 aliphatic heterocycles. The molecule has 9 aromatic rings. The second-order valence-electron chi connectivity index (χ2n) is 18.3. The number of benzene rings is 5. The van der Waals surface area contributed by atoms with Crippen LogP contribution in [0.5, 0.6) is 0 Å². The van der Waals surface area contributed by atoms with E-state index in [1.165, 1.54) is 38.7 Å². The van der Waals surface area contributed by atoms with Crippen molar-refractivity contribution in [1.29, 1.82) is 0 Å². The molecule has 0 aliphatic carbocycles. The fourth-order valence-corrected chi connectivity index (χ4v) is 10.1. The molecule has 1 radical (unpaired) electrons. The van der Waals surface area contributed by atoms with E-state index in [-0.39, 0.29) is 31.9 Å². The Kier molecular flexibility index (Phi) is 13.3. The van der Waals surface area contributed by atoms with Crippen molar-refractivity contribution in [2.24, 2.45) is 5.92 Å². The van der Waals surface area contributed by atoms with Crippen molar-refractivity contribution in [2.45, 2.75) is 86.4 Å².